The summed E-state index contributed by atoms with van der Waals surface area (Å²) in [6.45, 7) is 3.90. The molecule has 1 aromatic heterocycles. The fourth-order valence-electron chi connectivity index (χ4n) is 3.99. The Morgan fingerprint density at radius 2 is 1.75 bits per heavy atom. The Balaban J connectivity index is 1.99. The SMILES string of the molecule is Cc1ccc(C)c(-n2c3c(cc(C#N)c2=O)C(=O)C[C@@H](c2ccccc2)C3)c1. The maximum absolute atomic E-state index is 13.1. The zero-order valence-electron chi connectivity index (χ0n) is 15.9. The highest BCUT2D eigenvalue weighted by molar-refractivity contribution is 5.99. The monoisotopic (exact) mass is 368 g/mol. The molecule has 0 fully saturated rings. The maximum atomic E-state index is 13.1. The molecule has 0 saturated heterocycles. The molecule has 2 aromatic carbocycles. The van der Waals surface area contributed by atoms with Crippen LogP contribution in [-0.4, -0.2) is 10.4 Å². The van der Waals surface area contributed by atoms with Gasteiger partial charge in [-0.2, -0.15) is 5.26 Å². The first-order valence-electron chi connectivity index (χ1n) is 9.34. The lowest BCUT2D eigenvalue weighted by atomic mass is 9.81. The first kappa shape index (κ1) is 17.9. The van der Waals surface area contributed by atoms with Crippen LogP contribution in [0.5, 0.6) is 0 Å². The summed E-state index contributed by atoms with van der Waals surface area (Å²) in [6.07, 6.45) is 0.965. The van der Waals surface area contributed by atoms with Crippen molar-refractivity contribution in [3.8, 4) is 11.8 Å². The molecule has 0 amide bonds. The van der Waals surface area contributed by atoms with Gasteiger partial charge in [-0.05, 0) is 55.0 Å². The third-order valence-electron chi connectivity index (χ3n) is 5.47. The molecule has 0 radical (unpaired) electrons. The van der Waals surface area contributed by atoms with Gasteiger partial charge in [-0.3, -0.25) is 14.2 Å². The van der Waals surface area contributed by atoms with E-state index in [1.54, 1.807) is 4.57 Å². The van der Waals surface area contributed by atoms with Gasteiger partial charge < -0.3 is 0 Å². The van der Waals surface area contributed by atoms with Gasteiger partial charge in [-0.1, -0.05) is 42.5 Å². The topological polar surface area (TPSA) is 62.9 Å². The highest BCUT2D eigenvalue weighted by Gasteiger charge is 2.30. The highest BCUT2D eigenvalue weighted by atomic mass is 16.1. The molecule has 1 atom stereocenters. The van der Waals surface area contributed by atoms with Crippen molar-refractivity contribution >= 4 is 5.78 Å². The van der Waals surface area contributed by atoms with E-state index in [9.17, 15) is 14.9 Å². The first-order valence-corrected chi connectivity index (χ1v) is 9.34. The van der Waals surface area contributed by atoms with Crippen LogP contribution in [0.1, 0.15) is 50.6 Å². The lowest BCUT2D eigenvalue weighted by molar-refractivity contribution is 0.0962. The van der Waals surface area contributed by atoms with Crippen molar-refractivity contribution in [3.63, 3.8) is 0 Å². The van der Waals surface area contributed by atoms with Gasteiger partial charge in [0, 0.05) is 17.7 Å². The van der Waals surface area contributed by atoms with Crippen LogP contribution in [-0.2, 0) is 6.42 Å². The van der Waals surface area contributed by atoms with Gasteiger partial charge in [0.1, 0.15) is 11.6 Å². The van der Waals surface area contributed by atoms with E-state index < -0.39 is 0 Å². The molecule has 0 aliphatic heterocycles. The van der Waals surface area contributed by atoms with E-state index in [1.807, 2.05) is 68.4 Å². The number of aromatic nitrogens is 1. The van der Waals surface area contributed by atoms with Crippen molar-refractivity contribution in [2.75, 3.05) is 0 Å². The van der Waals surface area contributed by atoms with Crippen LogP contribution < -0.4 is 5.56 Å². The molecule has 1 heterocycles. The summed E-state index contributed by atoms with van der Waals surface area (Å²) in [4.78, 5) is 26.1. The number of ketones is 1. The number of Topliss-reactive ketones (excluding diaryl/α,β-unsaturated/α-hetero) is 1. The molecule has 0 N–H and O–H groups in total. The molecular formula is C24H20N2O2. The van der Waals surface area contributed by atoms with E-state index in [4.69, 9.17) is 0 Å². The van der Waals surface area contributed by atoms with Gasteiger partial charge in [0.25, 0.3) is 5.56 Å². The van der Waals surface area contributed by atoms with Crippen LogP contribution in [0.3, 0.4) is 0 Å². The Hall–Kier alpha value is -3.45. The standard InChI is InChI=1S/C24H20N2O2/c1-15-8-9-16(2)21(10-15)26-22-12-18(17-6-4-3-5-7-17)13-23(27)20(22)11-19(14-25)24(26)28/h3-11,18H,12-13H2,1-2H3/t18-/m0/s1. The van der Waals surface area contributed by atoms with Crippen LogP contribution >= 0.6 is 0 Å². The molecule has 3 aromatic rings. The van der Waals surface area contributed by atoms with Gasteiger partial charge in [-0.15, -0.1) is 0 Å². The molecule has 1 aliphatic carbocycles. The van der Waals surface area contributed by atoms with Crippen LogP contribution in [0.2, 0.25) is 0 Å². The smallest absolute Gasteiger partial charge is 0.273 e. The largest absolute Gasteiger partial charge is 0.294 e. The van der Waals surface area contributed by atoms with Gasteiger partial charge >= 0.3 is 0 Å². The van der Waals surface area contributed by atoms with Crippen LogP contribution in [0.4, 0.5) is 0 Å². The van der Waals surface area contributed by atoms with Crippen molar-refractivity contribution < 1.29 is 4.79 Å². The van der Waals surface area contributed by atoms with E-state index in [2.05, 4.69) is 0 Å². The van der Waals surface area contributed by atoms with Crippen molar-refractivity contribution in [1.29, 1.82) is 5.26 Å². The van der Waals surface area contributed by atoms with Gasteiger partial charge in [0.05, 0.1) is 5.69 Å². The van der Waals surface area contributed by atoms with E-state index in [1.165, 1.54) is 6.07 Å². The average molecular weight is 368 g/mol. The second-order valence-electron chi connectivity index (χ2n) is 7.40. The van der Waals surface area contributed by atoms with Crippen molar-refractivity contribution in [2.24, 2.45) is 0 Å². The van der Waals surface area contributed by atoms with E-state index in [0.29, 0.717) is 24.1 Å². The second-order valence-corrected chi connectivity index (χ2v) is 7.40. The number of carbonyl (C=O) groups is 1. The quantitative estimate of drug-likeness (QED) is 0.680. The number of hydrogen-bond acceptors (Lipinski definition) is 3. The molecule has 0 bridgehead atoms. The predicted octanol–water partition coefficient (Wildman–Crippen LogP) is 4.24. The number of nitriles is 1. The summed E-state index contributed by atoms with van der Waals surface area (Å²) in [7, 11) is 0. The summed E-state index contributed by atoms with van der Waals surface area (Å²) >= 11 is 0. The summed E-state index contributed by atoms with van der Waals surface area (Å²) < 4.78 is 1.59. The highest BCUT2D eigenvalue weighted by Crippen LogP contribution is 2.33. The Labute approximate surface area is 163 Å². The first-order chi connectivity index (χ1) is 13.5. The fraction of sp³-hybridized carbons (Fsp3) is 0.208. The molecular weight excluding hydrogens is 348 g/mol. The van der Waals surface area contributed by atoms with Gasteiger partial charge in [-0.25, -0.2) is 0 Å². The van der Waals surface area contributed by atoms with Gasteiger partial charge in [0.15, 0.2) is 5.78 Å². The van der Waals surface area contributed by atoms with Crippen molar-refractivity contribution in [3.05, 3.63) is 98.5 Å². The number of nitrogens with zero attached hydrogens (tertiary/aromatic N) is 2. The zero-order chi connectivity index (χ0) is 19.8. The van der Waals surface area contributed by atoms with E-state index in [0.717, 1.165) is 22.4 Å². The normalized spacial score (nSPS) is 15.8. The van der Waals surface area contributed by atoms with Crippen molar-refractivity contribution in [1.82, 2.24) is 4.57 Å². The van der Waals surface area contributed by atoms with Crippen molar-refractivity contribution in [2.45, 2.75) is 32.6 Å². The number of aryl methyl sites for hydroxylation is 2. The van der Waals surface area contributed by atoms with Gasteiger partial charge in [0.2, 0.25) is 0 Å². The Bertz CT molecular complexity index is 1180. The minimum absolute atomic E-state index is 0.00571. The van der Waals surface area contributed by atoms with Crippen LogP contribution in [0.25, 0.3) is 5.69 Å². The summed E-state index contributed by atoms with van der Waals surface area (Å²) in [5.41, 5.74) is 4.60. The lowest BCUT2D eigenvalue weighted by Crippen LogP contribution is -2.32. The average Bonchev–Trinajstić information content (AvgIpc) is 2.70. The number of rotatable bonds is 2. The number of hydrogen-bond donors (Lipinski definition) is 0. The third kappa shape index (κ3) is 2.95. The summed E-state index contributed by atoms with van der Waals surface area (Å²) in [5, 5.41) is 9.46. The maximum Gasteiger partial charge on any atom is 0.273 e. The van der Waals surface area contributed by atoms with E-state index >= 15 is 0 Å². The summed E-state index contributed by atoms with van der Waals surface area (Å²) in [5.74, 6) is -0.00411. The molecule has 4 nitrogen and oxygen atoms in total. The summed E-state index contributed by atoms with van der Waals surface area (Å²) in [6, 6.07) is 19.3. The Morgan fingerprint density at radius 1 is 1.00 bits per heavy atom. The number of pyridine rings is 1. The third-order valence-corrected chi connectivity index (χ3v) is 5.47. The number of carbonyl (C=O) groups excluding carboxylic acids is 1. The molecule has 0 saturated carbocycles. The van der Waals surface area contributed by atoms with E-state index in [-0.39, 0.29) is 22.8 Å². The molecule has 138 valence electrons. The Kier molecular flexibility index (Phi) is 4.44. The predicted molar refractivity (Wildman–Crippen MR) is 108 cm³/mol. The van der Waals surface area contributed by atoms with Crippen LogP contribution in [0, 0.1) is 25.2 Å². The molecule has 0 spiro atoms. The zero-order valence-corrected chi connectivity index (χ0v) is 15.9. The molecule has 4 heteroatoms. The minimum atomic E-state index is -0.364. The molecule has 28 heavy (non-hydrogen) atoms. The second kappa shape index (κ2) is 6.94. The van der Waals surface area contributed by atoms with Crippen LogP contribution in [0.15, 0.2) is 59.4 Å². The molecule has 4 rings (SSSR count). The molecule has 1 aliphatic rings. The molecule has 0 unspecified atom stereocenters. The Morgan fingerprint density at radius 3 is 2.46 bits per heavy atom. The number of benzene rings is 2. The minimum Gasteiger partial charge on any atom is -0.294 e. The number of fused-ring (bicyclic) bond motifs is 1. The fourth-order valence-corrected chi connectivity index (χ4v) is 3.99. The lowest BCUT2D eigenvalue weighted by Gasteiger charge is -2.27.